The van der Waals surface area contributed by atoms with Crippen molar-refractivity contribution in [1.82, 2.24) is 0 Å². The van der Waals surface area contributed by atoms with Gasteiger partial charge in [0.25, 0.3) is 0 Å². The molecule has 0 saturated carbocycles. The van der Waals surface area contributed by atoms with E-state index >= 15 is 0 Å². The highest BCUT2D eigenvalue weighted by Gasteiger charge is 2.35. The molecular formula is C42H30S. The van der Waals surface area contributed by atoms with Gasteiger partial charge in [-0.25, -0.2) is 0 Å². The molecule has 0 saturated heterocycles. The first-order chi connectivity index (χ1) is 21.0. The Balaban J connectivity index is 1.37. The van der Waals surface area contributed by atoms with Crippen LogP contribution in [0.15, 0.2) is 127 Å². The van der Waals surface area contributed by atoms with Gasteiger partial charge in [-0.2, -0.15) is 0 Å². The highest BCUT2D eigenvalue weighted by molar-refractivity contribution is 7.25. The maximum atomic E-state index is 2.45. The Labute approximate surface area is 255 Å². The first-order valence-corrected chi connectivity index (χ1v) is 15.9. The number of aryl methyl sites for hydroxylation is 1. The lowest BCUT2D eigenvalue weighted by Crippen LogP contribution is -2.14. The van der Waals surface area contributed by atoms with E-state index in [0.717, 1.165) is 0 Å². The molecule has 204 valence electrons. The van der Waals surface area contributed by atoms with Crippen LogP contribution in [0.25, 0.3) is 75.1 Å². The van der Waals surface area contributed by atoms with Crippen LogP contribution < -0.4 is 0 Å². The highest BCUT2D eigenvalue weighted by Crippen LogP contribution is 2.51. The van der Waals surface area contributed by atoms with Crippen LogP contribution in [0, 0.1) is 6.92 Å². The van der Waals surface area contributed by atoms with E-state index in [1.807, 2.05) is 11.3 Å². The molecule has 9 rings (SSSR count). The van der Waals surface area contributed by atoms with E-state index in [-0.39, 0.29) is 5.41 Å². The van der Waals surface area contributed by atoms with Gasteiger partial charge in [0.2, 0.25) is 0 Å². The molecule has 0 amide bonds. The van der Waals surface area contributed by atoms with Crippen LogP contribution in [0.2, 0.25) is 0 Å². The fourth-order valence-corrected chi connectivity index (χ4v) is 8.76. The van der Waals surface area contributed by atoms with Gasteiger partial charge in [-0.15, -0.1) is 11.3 Å². The average Bonchev–Trinajstić information content (AvgIpc) is 3.51. The van der Waals surface area contributed by atoms with Gasteiger partial charge in [-0.3, -0.25) is 0 Å². The van der Waals surface area contributed by atoms with Crippen molar-refractivity contribution >= 4 is 53.1 Å². The van der Waals surface area contributed by atoms with E-state index in [9.17, 15) is 0 Å². The lowest BCUT2D eigenvalue weighted by Gasteiger charge is -2.22. The summed E-state index contributed by atoms with van der Waals surface area (Å²) in [6.07, 6.45) is 0. The maximum Gasteiger partial charge on any atom is 0.0355 e. The Kier molecular flexibility index (Phi) is 5.14. The lowest BCUT2D eigenvalue weighted by molar-refractivity contribution is 0.660. The molecule has 0 N–H and O–H groups in total. The number of benzene rings is 7. The molecule has 0 fully saturated rings. The molecule has 0 aliphatic heterocycles. The zero-order valence-corrected chi connectivity index (χ0v) is 25.3. The van der Waals surface area contributed by atoms with Crippen molar-refractivity contribution in [2.45, 2.75) is 26.2 Å². The van der Waals surface area contributed by atoms with Gasteiger partial charge in [-0.1, -0.05) is 123 Å². The van der Waals surface area contributed by atoms with Gasteiger partial charge < -0.3 is 0 Å². The van der Waals surface area contributed by atoms with Crippen molar-refractivity contribution < 1.29 is 0 Å². The number of thiophene rings is 1. The Morgan fingerprint density at radius 2 is 1.05 bits per heavy atom. The minimum Gasteiger partial charge on any atom is -0.135 e. The van der Waals surface area contributed by atoms with Gasteiger partial charge in [0.1, 0.15) is 0 Å². The van der Waals surface area contributed by atoms with E-state index in [0.29, 0.717) is 0 Å². The molecule has 0 atom stereocenters. The van der Waals surface area contributed by atoms with Crippen LogP contribution in [0.3, 0.4) is 0 Å². The number of fused-ring (bicyclic) bond motifs is 8. The second-order valence-corrected chi connectivity index (χ2v) is 13.7. The molecule has 1 aliphatic rings. The second kappa shape index (κ2) is 8.89. The summed E-state index contributed by atoms with van der Waals surface area (Å²) in [5.41, 5.74) is 12.0. The minimum atomic E-state index is -0.000485. The van der Waals surface area contributed by atoms with Crippen LogP contribution in [0.1, 0.15) is 30.5 Å². The normalized spacial score (nSPS) is 13.7. The summed E-state index contributed by atoms with van der Waals surface area (Å²) in [4.78, 5) is 0. The van der Waals surface area contributed by atoms with Crippen LogP contribution in [0.4, 0.5) is 0 Å². The smallest absolute Gasteiger partial charge is 0.0355 e. The third kappa shape index (κ3) is 3.49. The van der Waals surface area contributed by atoms with E-state index in [4.69, 9.17) is 0 Å². The predicted molar refractivity (Wildman–Crippen MR) is 188 cm³/mol. The van der Waals surface area contributed by atoms with Crippen molar-refractivity contribution in [3.63, 3.8) is 0 Å². The summed E-state index contributed by atoms with van der Waals surface area (Å²) in [5, 5.41) is 7.90. The minimum absolute atomic E-state index is 0.000485. The molecule has 0 unspecified atom stereocenters. The largest absolute Gasteiger partial charge is 0.135 e. The zero-order valence-electron chi connectivity index (χ0n) is 24.5. The lowest BCUT2D eigenvalue weighted by atomic mass is 9.81. The molecule has 1 aliphatic carbocycles. The van der Waals surface area contributed by atoms with Crippen molar-refractivity contribution in [3.05, 3.63) is 144 Å². The van der Waals surface area contributed by atoms with Gasteiger partial charge in [-0.05, 0) is 97.2 Å². The molecule has 43 heavy (non-hydrogen) atoms. The quantitative estimate of drug-likeness (QED) is 0.183. The van der Waals surface area contributed by atoms with E-state index in [1.54, 1.807) is 0 Å². The monoisotopic (exact) mass is 566 g/mol. The summed E-state index contributed by atoms with van der Waals surface area (Å²) in [6.45, 7) is 6.92. The first kappa shape index (κ1) is 24.8. The Hall–Kier alpha value is -4.72. The molecule has 8 aromatic rings. The molecule has 0 bridgehead atoms. The fraction of sp³-hybridized carbons (Fsp3) is 0.0952. The van der Waals surface area contributed by atoms with E-state index in [1.165, 1.54) is 91.8 Å². The van der Waals surface area contributed by atoms with Gasteiger partial charge in [0.05, 0.1) is 0 Å². The van der Waals surface area contributed by atoms with Gasteiger partial charge in [0.15, 0.2) is 0 Å². The summed E-state index contributed by atoms with van der Waals surface area (Å²) < 4.78 is 2.68. The van der Waals surface area contributed by atoms with Crippen molar-refractivity contribution in [1.29, 1.82) is 0 Å². The van der Waals surface area contributed by atoms with Crippen molar-refractivity contribution in [2.24, 2.45) is 0 Å². The molecule has 0 nitrogen and oxygen atoms in total. The Bertz CT molecular complexity index is 2440. The molecule has 0 radical (unpaired) electrons. The van der Waals surface area contributed by atoms with Gasteiger partial charge >= 0.3 is 0 Å². The topological polar surface area (TPSA) is 0 Å². The molecular weight excluding hydrogens is 537 g/mol. The van der Waals surface area contributed by atoms with Gasteiger partial charge in [0, 0.05) is 25.6 Å². The molecule has 1 heterocycles. The Morgan fingerprint density at radius 3 is 1.88 bits per heavy atom. The van der Waals surface area contributed by atoms with E-state index < -0.39 is 0 Å². The number of hydrogen-bond acceptors (Lipinski definition) is 1. The number of rotatable bonds is 2. The summed E-state index contributed by atoms with van der Waals surface area (Å²) in [5.74, 6) is 0. The molecule has 0 spiro atoms. The molecule has 7 aromatic carbocycles. The maximum absolute atomic E-state index is 2.45. The van der Waals surface area contributed by atoms with Crippen LogP contribution in [0.5, 0.6) is 0 Å². The third-order valence-electron chi connectivity index (χ3n) is 9.72. The van der Waals surface area contributed by atoms with Crippen molar-refractivity contribution in [2.75, 3.05) is 0 Å². The molecule has 1 heteroatoms. The second-order valence-electron chi connectivity index (χ2n) is 12.6. The standard InChI is InChI=1S/C42H30S/c1-25-16-19-32-35(22-25)41(26-17-20-37-33(23-26)28-10-6-8-14-36(28)42(37,2)3)31-13-5-4-12-30(31)40(32)27-18-21-39-34(24-27)29-11-7-9-15-38(29)43-39/h4-24H,1-3H3. The summed E-state index contributed by atoms with van der Waals surface area (Å²) in [7, 11) is 0. The van der Waals surface area contributed by atoms with E-state index in [2.05, 4.69) is 148 Å². The number of hydrogen-bond donors (Lipinski definition) is 0. The van der Waals surface area contributed by atoms with Crippen molar-refractivity contribution in [3.8, 4) is 33.4 Å². The van der Waals surface area contributed by atoms with Crippen LogP contribution in [-0.4, -0.2) is 0 Å². The first-order valence-electron chi connectivity index (χ1n) is 15.1. The SMILES string of the molecule is Cc1ccc2c(-c3ccc4sc5ccccc5c4c3)c3ccccc3c(-c3ccc4c(c3)-c3ccccc3C4(C)C)c2c1. The van der Waals surface area contributed by atoms with Crippen LogP contribution >= 0.6 is 11.3 Å². The average molecular weight is 567 g/mol. The predicted octanol–water partition coefficient (Wildman–Crippen LogP) is 12.3. The highest BCUT2D eigenvalue weighted by atomic mass is 32.1. The fourth-order valence-electron chi connectivity index (χ4n) is 7.67. The summed E-state index contributed by atoms with van der Waals surface area (Å²) >= 11 is 1.88. The zero-order chi connectivity index (χ0) is 28.9. The molecule has 1 aromatic heterocycles. The summed E-state index contributed by atoms with van der Waals surface area (Å²) in [6, 6.07) is 48.0. The third-order valence-corrected chi connectivity index (χ3v) is 10.9. The Morgan fingerprint density at radius 1 is 0.442 bits per heavy atom. The van der Waals surface area contributed by atoms with Crippen LogP contribution in [-0.2, 0) is 5.41 Å².